The van der Waals surface area contributed by atoms with Gasteiger partial charge in [0.1, 0.15) is 16.6 Å². The number of sulfone groups is 1. The molecule has 0 aliphatic carbocycles. The number of hydrogen-bond acceptors (Lipinski definition) is 15. The first-order chi connectivity index (χ1) is 18.2. The van der Waals surface area contributed by atoms with Gasteiger partial charge in [-0.05, 0) is 21.2 Å². The molecule has 2 aromatic heterocycles. The summed E-state index contributed by atoms with van der Waals surface area (Å²) in [6.45, 7) is 0. The number of ether oxygens (including phenoxy) is 1. The molecule has 0 saturated carbocycles. The van der Waals surface area contributed by atoms with E-state index in [9.17, 15) is 37.8 Å². The van der Waals surface area contributed by atoms with E-state index in [1.165, 1.54) is 4.68 Å². The molecular weight excluding hydrogens is 584 g/mol. The number of β-lactam (4-membered cyclic amide) rings is 1. The Morgan fingerprint density at radius 3 is 2.64 bits per heavy atom. The standard InChI is InChI=1S/C18H20N8O10S3/c1-25-17(21-23-24-25)38-5-6-4-37-16-18(35-2,15(32)26(16)8(6)14(30)31)20-13(29)10(39(3,33)34)9-7(11(19)27)12(28)22-36-9/h10,16H,4-5H2,1-3H3,(H2,19,27)(H,20,29)(H,22,28)(H,30,31)/t10?,16-,18-/m0/s1. The van der Waals surface area contributed by atoms with Crippen molar-refractivity contribution in [3.8, 4) is 5.88 Å². The van der Waals surface area contributed by atoms with Gasteiger partial charge in [0.15, 0.2) is 15.6 Å². The van der Waals surface area contributed by atoms with Crippen molar-refractivity contribution in [2.45, 2.75) is 21.5 Å². The maximum atomic E-state index is 13.4. The summed E-state index contributed by atoms with van der Waals surface area (Å²) in [6.07, 6.45) is 0.646. The average Bonchev–Trinajstić information content (AvgIpc) is 3.44. The maximum absolute atomic E-state index is 13.4. The molecule has 39 heavy (non-hydrogen) atoms. The molecule has 1 saturated heterocycles. The molecule has 0 bridgehead atoms. The molecule has 18 nitrogen and oxygen atoms in total. The number of carboxylic acid groups (broad SMARTS) is 1. The summed E-state index contributed by atoms with van der Waals surface area (Å²) >= 11 is 2.21. The number of nitrogens with two attached hydrogens (primary N) is 1. The second-order valence-electron chi connectivity index (χ2n) is 8.22. The van der Waals surface area contributed by atoms with Gasteiger partial charge in [0, 0.05) is 31.9 Å². The molecule has 21 heteroatoms. The number of tetrazole rings is 1. The minimum atomic E-state index is -4.41. The van der Waals surface area contributed by atoms with Gasteiger partial charge in [-0.15, -0.1) is 16.9 Å². The lowest BCUT2D eigenvalue weighted by molar-refractivity contribution is -0.192. The van der Waals surface area contributed by atoms with Crippen LogP contribution < -0.4 is 11.1 Å². The highest BCUT2D eigenvalue weighted by Crippen LogP contribution is 2.47. The molecule has 1 unspecified atom stereocenters. The van der Waals surface area contributed by atoms with Crippen LogP contribution >= 0.6 is 23.5 Å². The smallest absolute Gasteiger partial charge is 0.352 e. The number of aliphatic carboxylic acids is 1. The third kappa shape index (κ3) is 4.70. The zero-order chi connectivity index (χ0) is 28.9. The van der Waals surface area contributed by atoms with Crippen LogP contribution in [-0.4, -0.2) is 109 Å². The van der Waals surface area contributed by atoms with E-state index >= 15 is 0 Å². The number of thioether (sulfide) groups is 2. The molecule has 0 aromatic carbocycles. The topological polar surface area (TPSA) is 263 Å². The van der Waals surface area contributed by atoms with Crippen molar-refractivity contribution in [3.05, 3.63) is 22.6 Å². The van der Waals surface area contributed by atoms with Crippen LogP contribution in [0.25, 0.3) is 0 Å². The molecule has 4 rings (SSSR count). The number of nitrogens with one attached hydrogen (secondary N) is 1. The van der Waals surface area contributed by atoms with Crippen LogP contribution in [0.15, 0.2) is 20.9 Å². The number of aromatic nitrogens is 5. The zero-order valence-corrected chi connectivity index (χ0v) is 22.7. The summed E-state index contributed by atoms with van der Waals surface area (Å²) in [4.78, 5) is 51.5. The Kier molecular flexibility index (Phi) is 7.35. The SMILES string of the molecule is CO[C@@]1(NC(=O)C(c2onc(O)c2C(N)=O)S(C)(=O)=O)C(=O)N2C(C(=O)O)=C(CSc3nnnn3C)CS[C@H]21. The lowest BCUT2D eigenvalue weighted by Gasteiger charge is -2.55. The third-order valence-electron chi connectivity index (χ3n) is 5.75. The molecule has 2 aliphatic heterocycles. The fourth-order valence-electron chi connectivity index (χ4n) is 4.01. The fourth-order valence-corrected chi connectivity index (χ4v) is 7.44. The van der Waals surface area contributed by atoms with E-state index < -0.39 is 67.1 Å². The molecule has 2 aliphatic rings. The minimum Gasteiger partial charge on any atom is -0.491 e. The van der Waals surface area contributed by atoms with Gasteiger partial charge in [-0.2, -0.15) is 0 Å². The highest BCUT2D eigenvalue weighted by molar-refractivity contribution is 8.01. The van der Waals surface area contributed by atoms with Crippen molar-refractivity contribution in [2.75, 3.05) is 24.9 Å². The maximum Gasteiger partial charge on any atom is 0.352 e. The Morgan fingerprint density at radius 1 is 1.41 bits per heavy atom. The van der Waals surface area contributed by atoms with Crippen LogP contribution in [0, 0.1) is 0 Å². The van der Waals surface area contributed by atoms with Gasteiger partial charge in [-0.3, -0.25) is 19.3 Å². The van der Waals surface area contributed by atoms with E-state index in [1.807, 2.05) is 0 Å². The summed E-state index contributed by atoms with van der Waals surface area (Å²) in [5.41, 5.74) is 2.21. The highest BCUT2D eigenvalue weighted by atomic mass is 32.2. The summed E-state index contributed by atoms with van der Waals surface area (Å²) < 4.78 is 36.6. The van der Waals surface area contributed by atoms with Crippen molar-refractivity contribution in [1.29, 1.82) is 0 Å². The van der Waals surface area contributed by atoms with Gasteiger partial charge in [-0.1, -0.05) is 11.8 Å². The number of amides is 3. The van der Waals surface area contributed by atoms with Gasteiger partial charge in [0.2, 0.25) is 16.3 Å². The van der Waals surface area contributed by atoms with Crippen LogP contribution in [-0.2, 0) is 36.0 Å². The second-order valence-corrected chi connectivity index (χ2v) is 12.4. The molecular formula is C18H20N8O10S3. The number of carboxylic acids is 1. The van der Waals surface area contributed by atoms with E-state index in [4.69, 9.17) is 15.0 Å². The summed E-state index contributed by atoms with van der Waals surface area (Å²) in [6, 6.07) is 0. The first kappa shape index (κ1) is 28.3. The molecule has 3 amide bonds. The molecule has 0 spiro atoms. The van der Waals surface area contributed by atoms with Crippen molar-refractivity contribution in [1.82, 2.24) is 35.6 Å². The number of carbonyl (C=O) groups excluding carboxylic acids is 3. The predicted octanol–water partition coefficient (Wildman–Crippen LogP) is -2.41. The van der Waals surface area contributed by atoms with Crippen molar-refractivity contribution >= 4 is 57.1 Å². The molecule has 0 radical (unpaired) electrons. The number of carbonyl (C=O) groups is 4. The van der Waals surface area contributed by atoms with Crippen LogP contribution in [0.5, 0.6) is 5.88 Å². The molecule has 5 N–H and O–H groups in total. The largest absolute Gasteiger partial charge is 0.491 e. The van der Waals surface area contributed by atoms with E-state index in [2.05, 4.69) is 26.0 Å². The Bertz CT molecular complexity index is 1520. The molecule has 3 atom stereocenters. The van der Waals surface area contributed by atoms with E-state index in [0.29, 0.717) is 17.0 Å². The Morgan fingerprint density at radius 2 is 2.10 bits per heavy atom. The predicted molar refractivity (Wildman–Crippen MR) is 129 cm³/mol. The number of aryl methyl sites for hydroxylation is 1. The molecule has 210 valence electrons. The molecule has 4 heterocycles. The molecule has 2 aromatic rings. The first-order valence-electron chi connectivity index (χ1n) is 10.5. The van der Waals surface area contributed by atoms with E-state index in [1.54, 1.807) is 7.05 Å². The number of methoxy groups -OCH3 is 1. The minimum absolute atomic E-state index is 0.104. The van der Waals surface area contributed by atoms with Gasteiger partial charge in [0.25, 0.3) is 23.4 Å². The van der Waals surface area contributed by atoms with Gasteiger partial charge >= 0.3 is 5.97 Å². The number of nitrogens with zero attached hydrogens (tertiary/aromatic N) is 6. The Hall–Kier alpha value is -3.69. The van der Waals surface area contributed by atoms with Crippen molar-refractivity contribution in [3.63, 3.8) is 0 Å². The van der Waals surface area contributed by atoms with E-state index in [0.717, 1.165) is 35.5 Å². The third-order valence-corrected chi connectivity index (χ3v) is 9.51. The van der Waals surface area contributed by atoms with Crippen LogP contribution in [0.2, 0.25) is 0 Å². The van der Waals surface area contributed by atoms with Gasteiger partial charge in [-0.25, -0.2) is 17.9 Å². The van der Waals surface area contributed by atoms with Gasteiger partial charge in [0.05, 0.1) is 0 Å². The summed E-state index contributed by atoms with van der Waals surface area (Å²) in [7, 11) is -1.74. The lowest BCUT2D eigenvalue weighted by Crippen LogP contribution is -2.81. The zero-order valence-electron chi connectivity index (χ0n) is 20.2. The second kappa shape index (κ2) is 10.1. The lowest BCUT2D eigenvalue weighted by atomic mass is 9.98. The average molecular weight is 605 g/mol. The fraction of sp³-hybridized carbons (Fsp3) is 0.444. The molecule has 1 fully saturated rings. The normalized spacial score (nSPS) is 21.8. The highest BCUT2D eigenvalue weighted by Gasteiger charge is 2.67. The van der Waals surface area contributed by atoms with Crippen LogP contribution in [0.4, 0.5) is 0 Å². The number of aromatic hydroxyl groups is 1. The number of primary amides is 1. The first-order valence-corrected chi connectivity index (χ1v) is 14.5. The summed E-state index contributed by atoms with van der Waals surface area (Å²) in [5, 5.41) is 33.0. The van der Waals surface area contributed by atoms with Crippen LogP contribution in [0.3, 0.4) is 0 Å². The van der Waals surface area contributed by atoms with Gasteiger partial charge < -0.3 is 30.5 Å². The summed E-state index contributed by atoms with van der Waals surface area (Å²) in [5.74, 6) is -6.75. The number of rotatable bonds is 10. The number of fused-ring (bicyclic) bond motifs is 1. The number of hydrogen-bond donors (Lipinski definition) is 4. The monoisotopic (exact) mass is 604 g/mol. The van der Waals surface area contributed by atoms with E-state index in [-0.39, 0.29) is 17.2 Å². The van der Waals surface area contributed by atoms with Crippen LogP contribution in [0.1, 0.15) is 21.4 Å². The van der Waals surface area contributed by atoms with Crippen molar-refractivity contribution in [2.24, 2.45) is 12.8 Å². The Balaban J connectivity index is 1.65. The quantitative estimate of drug-likeness (QED) is 0.125. The van der Waals surface area contributed by atoms with Crippen molar-refractivity contribution < 1.29 is 47.1 Å². The Labute approximate surface area is 227 Å².